The lowest BCUT2D eigenvalue weighted by Crippen LogP contribution is -2.49. The van der Waals surface area contributed by atoms with Crippen molar-refractivity contribution in [2.75, 3.05) is 13.2 Å². The first-order valence-corrected chi connectivity index (χ1v) is 8.98. The van der Waals surface area contributed by atoms with Gasteiger partial charge in [-0.05, 0) is 43.9 Å². The molecule has 5 nitrogen and oxygen atoms in total. The molecule has 1 aliphatic carbocycles. The monoisotopic (exact) mass is 324 g/mol. The molecule has 2 fully saturated rings. The lowest BCUT2D eigenvalue weighted by molar-refractivity contribution is -0.131. The normalized spacial score (nSPS) is 34.5. The van der Waals surface area contributed by atoms with Crippen LogP contribution in [0, 0.1) is 17.8 Å². The molecule has 0 aromatic rings. The number of ether oxygens (including phenoxy) is 1. The van der Waals surface area contributed by atoms with Gasteiger partial charge in [-0.15, -0.1) is 0 Å². The lowest BCUT2D eigenvalue weighted by Gasteiger charge is -2.37. The van der Waals surface area contributed by atoms with Crippen LogP contribution in [0.5, 0.6) is 0 Å². The molecule has 2 aliphatic rings. The molecule has 1 heterocycles. The largest absolute Gasteiger partial charge is 0.368 e. The zero-order chi connectivity index (χ0) is 17.0. The molecule has 2 rings (SSSR count). The molecule has 4 unspecified atom stereocenters. The molecule has 1 aliphatic heterocycles. The number of nitrogens with one attached hydrogen (secondary N) is 2. The zero-order valence-corrected chi connectivity index (χ0v) is 15.0. The van der Waals surface area contributed by atoms with Gasteiger partial charge in [-0.25, -0.2) is 0 Å². The van der Waals surface area contributed by atoms with Gasteiger partial charge >= 0.3 is 0 Å². The number of hydrogen-bond donors (Lipinski definition) is 2. The Labute approximate surface area is 139 Å². The minimum atomic E-state index is -0.313. The minimum absolute atomic E-state index is 0.0639. The van der Waals surface area contributed by atoms with E-state index in [1.807, 2.05) is 6.92 Å². The van der Waals surface area contributed by atoms with Crippen molar-refractivity contribution < 1.29 is 14.3 Å². The Kier molecular flexibility index (Phi) is 6.06. The Hall–Kier alpha value is -1.10. The molecular formula is C18H32N2O3. The average Bonchev–Trinajstić information content (AvgIpc) is 2.82. The van der Waals surface area contributed by atoms with Gasteiger partial charge < -0.3 is 15.4 Å². The average molecular weight is 324 g/mol. The molecule has 0 radical (unpaired) electrons. The first kappa shape index (κ1) is 18.2. The predicted molar refractivity (Wildman–Crippen MR) is 89.9 cm³/mol. The van der Waals surface area contributed by atoms with Crippen LogP contribution in [0.1, 0.15) is 59.8 Å². The van der Waals surface area contributed by atoms with Crippen molar-refractivity contribution in [3.8, 4) is 0 Å². The first-order valence-electron chi connectivity index (χ1n) is 8.98. The number of hydrogen-bond acceptors (Lipinski definition) is 3. The van der Waals surface area contributed by atoms with Gasteiger partial charge in [0, 0.05) is 13.0 Å². The van der Waals surface area contributed by atoms with Crippen LogP contribution < -0.4 is 10.6 Å². The highest BCUT2D eigenvalue weighted by Gasteiger charge is 2.34. The third kappa shape index (κ3) is 5.20. The maximum absolute atomic E-state index is 12.1. The maximum atomic E-state index is 12.1. The van der Waals surface area contributed by atoms with Crippen molar-refractivity contribution in [2.24, 2.45) is 17.8 Å². The summed E-state index contributed by atoms with van der Waals surface area (Å²) in [4.78, 5) is 23.4. The molecule has 0 bridgehead atoms. The molecule has 0 aromatic heterocycles. The van der Waals surface area contributed by atoms with Crippen molar-refractivity contribution in [2.45, 2.75) is 71.4 Å². The van der Waals surface area contributed by atoms with E-state index in [0.29, 0.717) is 30.7 Å². The molecule has 23 heavy (non-hydrogen) atoms. The Morgan fingerprint density at radius 3 is 2.78 bits per heavy atom. The molecule has 132 valence electrons. The fourth-order valence-electron chi connectivity index (χ4n) is 3.82. The summed E-state index contributed by atoms with van der Waals surface area (Å²) in [5.41, 5.74) is -0.313. The second-order valence-electron chi connectivity index (χ2n) is 8.06. The third-order valence-corrected chi connectivity index (χ3v) is 5.41. The van der Waals surface area contributed by atoms with Crippen LogP contribution in [0.3, 0.4) is 0 Å². The number of amides is 2. The van der Waals surface area contributed by atoms with E-state index in [1.165, 1.54) is 12.8 Å². The Morgan fingerprint density at radius 2 is 2.17 bits per heavy atom. The zero-order valence-electron chi connectivity index (χ0n) is 15.0. The Balaban J connectivity index is 1.75. The number of carbonyl (C=O) groups is 2. The fourth-order valence-corrected chi connectivity index (χ4v) is 3.82. The van der Waals surface area contributed by atoms with E-state index in [0.717, 1.165) is 12.8 Å². The van der Waals surface area contributed by atoms with Gasteiger partial charge in [0.2, 0.25) is 11.8 Å². The molecule has 1 saturated carbocycles. The quantitative estimate of drug-likeness (QED) is 0.787. The fraction of sp³-hybridized carbons (Fsp3) is 0.889. The molecule has 0 spiro atoms. The van der Waals surface area contributed by atoms with Gasteiger partial charge in [0.15, 0.2) is 0 Å². The Morgan fingerprint density at radius 1 is 1.43 bits per heavy atom. The van der Waals surface area contributed by atoms with Crippen LogP contribution in [0.2, 0.25) is 0 Å². The highest BCUT2D eigenvalue weighted by atomic mass is 16.5. The van der Waals surface area contributed by atoms with Gasteiger partial charge in [-0.2, -0.15) is 0 Å². The molecule has 0 aromatic carbocycles. The van der Waals surface area contributed by atoms with Crippen molar-refractivity contribution in [1.29, 1.82) is 0 Å². The van der Waals surface area contributed by atoms with E-state index in [-0.39, 0.29) is 30.1 Å². The second-order valence-corrected chi connectivity index (χ2v) is 8.06. The van der Waals surface area contributed by atoms with Crippen LogP contribution in [0.4, 0.5) is 0 Å². The van der Waals surface area contributed by atoms with Gasteiger partial charge in [0.25, 0.3) is 0 Å². The summed E-state index contributed by atoms with van der Waals surface area (Å²) in [6.45, 7) is 9.29. The van der Waals surface area contributed by atoms with Crippen molar-refractivity contribution in [1.82, 2.24) is 10.6 Å². The predicted octanol–water partition coefficient (Wildman–Crippen LogP) is 2.25. The van der Waals surface area contributed by atoms with E-state index in [9.17, 15) is 9.59 Å². The summed E-state index contributed by atoms with van der Waals surface area (Å²) in [5.74, 6) is 1.78. The summed E-state index contributed by atoms with van der Waals surface area (Å²) >= 11 is 0. The third-order valence-electron chi connectivity index (χ3n) is 5.41. The van der Waals surface area contributed by atoms with Crippen LogP contribution in [0.25, 0.3) is 0 Å². The summed E-state index contributed by atoms with van der Waals surface area (Å²) in [6, 6.07) is 0. The molecule has 5 heteroatoms. The van der Waals surface area contributed by atoms with E-state index in [4.69, 9.17) is 4.74 Å². The van der Waals surface area contributed by atoms with Gasteiger partial charge in [0.05, 0.1) is 11.6 Å². The summed E-state index contributed by atoms with van der Waals surface area (Å²) in [5, 5.41) is 5.83. The van der Waals surface area contributed by atoms with Crippen LogP contribution in [0.15, 0.2) is 0 Å². The maximum Gasteiger partial charge on any atom is 0.246 e. The van der Waals surface area contributed by atoms with Crippen molar-refractivity contribution >= 4 is 11.8 Å². The van der Waals surface area contributed by atoms with E-state index < -0.39 is 0 Å². The van der Waals surface area contributed by atoms with Crippen LogP contribution >= 0.6 is 0 Å². The molecule has 2 N–H and O–H groups in total. The smallest absolute Gasteiger partial charge is 0.246 e. The SMILES string of the molecule is CC1CCC(C(C)C)C(OCC(=O)NCC2(C)CCC(=O)N2)C1. The molecule has 4 atom stereocenters. The molecule has 1 saturated heterocycles. The number of carbonyl (C=O) groups excluding carboxylic acids is 2. The first-order chi connectivity index (χ1) is 10.8. The van der Waals surface area contributed by atoms with E-state index >= 15 is 0 Å². The topological polar surface area (TPSA) is 67.4 Å². The van der Waals surface area contributed by atoms with Crippen LogP contribution in [-0.4, -0.2) is 36.6 Å². The van der Waals surface area contributed by atoms with Crippen LogP contribution in [-0.2, 0) is 14.3 Å². The van der Waals surface area contributed by atoms with Gasteiger partial charge in [-0.1, -0.05) is 27.2 Å². The van der Waals surface area contributed by atoms with Crippen molar-refractivity contribution in [3.05, 3.63) is 0 Å². The van der Waals surface area contributed by atoms with E-state index in [2.05, 4.69) is 31.4 Å². The van der Waals surface area contributed by atoms with Gasteiger partial charge in [-0.3, -0.25) is 9.59 Å². The molecular weight excluding hydrogens is 292 g/mol. The van der Waals surface area contributed by atoms with E-state index in [1.54, 1.807) is 0 Å². The number of rotatable bonds is 6. The Bertz CT molecular complexity index is 438. The molecule has 2 amide bonds. The lowest BCUT2D eigenvalue weighted by atomic mass is 9.75. The van der Waals surface area contributed by atoms with Crippen molar-refractivity contribution in [3.63, 3.8) is 0 Å². The van der Waals surface area contributed by atoms with Gasteiger partial charge in [0.1, 0.15) is 6.61 Å². The second kappa shape index (κ2) is 7.65. The summed E-state index contributed by atoms with van der Waals surface area (Å²) in [7, 11) is 0. The highest BCUT2D eigenvalue weighted by molar-refractivity contribution is 5.80. The standard InChI is InChI=1S/C18H32N2O3/c1-12(2)14-6-5-13(3)9-15(14)23-10-17(22)19-11-18(4)8-7-16(21)20-18/h12-15H,5-11H2,1-4H3,(H,19,22)(H,20,21). The summed E-state index contributed by atoms with van der Waals surface area (Å²) < 4.78 is 5.96. The highest BCUT2D eigenvalue weighted by Crippen LogP contribution is 2.35. The summed E-state index contributed by atoms with van der Waals surface area (Å²) in [6.07, 6.45) is 4.99. The minimum Gasteiger partial charge on any atom is -0.368 e.